The Bertz CT molecular complexity index is 629. The van der Waals surface area contributed by atoms with Crippen molar-refractivity contribution in [3.63, 3.8) is 0 Å². The van der Waals surface area contributed by atoms with Gasteiger partial charge in [-0.2, -0.15) is 0 Å². The van der Waals surface area contributed by atoms with Gasteiger partial charge in [0, 0.05) is 17.8 Å². The molecular formula is C14H16N4. The molecule has 4 heteroatoms. The van der Waals surface area contributed by atoms with E-state index in [9.17, 15) is 0 Å². The third kappa shape index (κ3) is 2.22. The van der Waals surface area contributed by atoms with Crippen LogP contribution < -0.4 is 0 Å². The van der Waals surface area contributed by atoms with Gasteiger partial charge < -0.3 is 0 Å². The summed E-state index contributed by atoms with van der Waals surface area (Å²) in [6, 6.07) is 7.99. The number of fused-ring (bicyclic) bond motifs is 1. The summed E-state index contributed by atoms with van der Waals surface area (Å²) in [6.07, 6.45) is 5.25. The monoisotopic (exact) mass is 240 g/mol. The van der Waals surface area contributed by atoms with Crippen molar-refractivity contribution in [3.05, 3.63) is 48.7 Å². The van der Waals surface area contributed by atoms with Crippen LogP contribution in [0, 0.1) is 6.92 Å². The minimum absolute atomic E-state index is 0.661. The van der Waals surface area contributed by atoms with Gasteiger partial charge in [0.05, 0.1) is 11.2 Å². The Morgan fingerprint density at radius 2 is 1.83 bits per heavy atom. The quantitative estimate of drug-likeness (QED) is 0.656. The lowest BCUT2D eigenvalue weighted by Gasteiger charge is -2.05. The van der Waals surface area contributed by atoms with Crippen LogP contribution in [0.5, 0.6) is 0 Å². The molecule has 2 heterocycles. The highest BCUT2D eigenvalue weighted by atomic mass is 15.2. The van der Waals surface area contributed by atoms with Gasteiger partial charge in [-0.3, -0.25) is 4.57 Å². The van der Waals surface area contributed by atoms with E-state index < -0.39 is 0 Å². The standard InChI is InChI=1S/C12H10N4.C2H6/c1-9-10-4-2-3-5-11(10)15-12(14-9)16-7-6-13-8-16;1-2/h2-8H,1H3;1-2H3. The molecule has 0 fully saturated rings. The van der Waals surface area contributed by atoms with E-state index in [1.807, 2.05) is 51.2 Å². The summed E-state index contributed by atoms with van der Waals surface area (Å²) in [7, 11) is 0. The molecule has 3 aromatic rings. The zero-order chi connectivity index (χ0) is 13.0. The van der Waals surface area contributed by atoms with Crippen molar-refractivity contribution in [1.29, 1.82) is 0 Å². The van der Waals surface area contributed by atoms with Gasteiger partial charge in [0.25, 0.3) is 0 Å². The van der Waals surface area contributed by atoms with Crippen molar-refractivity contribution in [3.8, 4) is 5.95 Å². The van der Waals surface area contributed by atoms with Crippen molar-refractivity contribution >= 4 is 10.9 Å². The van der Waals surface area contributed by atoms with Crippen molar-refractivity contribution < 1.29 is 0 Å². The molecule has 0 N–H and O–H groups in total. The molecular weight excluding hydrogens is 224 g/mol. The molecule has 2 aromatic heterocycles. The Labute approximate surface area is 106 Å². The molecule has 92 valence electrons. The zero-order valence-electron chi connectivity index (χ0n) is 10.8. The molecule has 4 nitrogen and oxygen atoms in total. The molecule has 0 aliphatic rings. The number of benzene rings is 1. The molecule has 0 radical (unpaired) electrons. The Morgan fingerprint density at radius 3 is 2.56 bits per heavy atom. The van der Waals surface area contributed by atoms with Crippen LogP contribution in [-0.2, 0) is 0 Å². The molecule has 0 bridgehead atoms. The number of rotatable bonds is 1. The summed E-state index contributed by atoms with van der Waals surface area (Å²) in [5.41, 5.74) is 1.94. The van der Waals surface area contributed by atoms with Crippen molar-refractivity contribution in [2.24, 2.45) is 0 Å². The largest absolute Gasteiger partial charge is 0.274 e. The number of aromatic nitrogens is 4. The molecule has 0 unspecified atom stereocenters. The molecule has 0 spiro atoms. The lowest BCUT2D eigenvalue weighted by molar-refractivity contribution is 0.927. The number of imidazole rings is 1. The van der Waals surface area contributed by atoms with Gasteiger partial charge in [0.1, 0.15) is 6.33 Å². The Kier molecular flexibility index (Phi) is 3.67. The first-order chi connectivity index (χ1) is 8.84. The highest BCUT2D eigenvalue weighted by Gasteiger charge is 2.04. The SMILES string of the molecule is CC.Cc1nc(-n2ccnc2)nc2ccccc12. The van der Waals surface area contributed by atoms with Crippen LogP contribution >= 0.6 is 0 Å². The predicted octanol–water partition coefficient (Wildman–Crippen LogP) is 3.15. The van der Waals surface area contributed by atoms with Crippen LogP contribution in [0.1, 0.15) is 19.5 Å². The number of hydrogen-bond donors (Lipinski definition) is 0. The summed E-state index contributed by atoms with van der Waals surface area (Å²) < 4.78 is 1.80. The lowest BCUT2D eigenvalue weighted by Crippen LogP contribution is -2.00. The van der Waals surface area contributed by atoms with Crippen molar-refractivity contribution in [2.75, 3.05) is 0 Å². The van der Waals surface area contributed by atoms with Gasteiger partial charge >= 0.3 is 0 Å². The molecule has 3 rings (SSSR count). The molecule has 0 atom stereocenters. The van der Waals surface area contributed by atoms with E-state index in [2.05, 4.69) is 15.0 Å². The summed E-state index contributed by atoms with van der Waals surface area (Å²) in [6.45, 7) is 5.99. The fraction of sp³-hybridized carbons (Fsp3) is 0.214. The second kappa shape index (κ2) is 5.40. The average Bonchev–Trinajstić information content (AvgIpc) is 2.95. The van der Waals surface area contributed by atoms with E-state index in [1.54, 1.807) is 17.1 Å². The van der Waals surface area contributed by atoms with Crippen LogP contribution in [-0.4, -0.2) is 19.5 Å². The maximum atomic E-state index is 4.49. The Balaban J connectivity index is 0.000000574. The molecule has 18 heavy (non-hydrogen) atoms. The van der Waals surface area contributed by atoms with Crippen LogP contribution in [0.3, 0.4) is 0 Å². The summed E-state index contributed by atoms with van der Waals surface area (Å²) >= 11 is 0. The Hall–Kier alpha value is -2.23. The molecule has 0 saturated heterocycles. The highest BCUT2D eigenvalue weighted by Crippen LogP contribution is 2.15. The van der Waals surface area contributed by atoms with Gasteiger partial charge in [0.2, 0.25) is 5.95 Å². The highest BCUT2D eigenvalue weighted by molar-refractivity contribution is 5.81. The minimum Gasteiger partial charge on any atom is -0.274 e. The first-order valence-electron chi connectivity index (χ1n) is 6.06. The topological polar surface area (TPSA) is 43.6 Å². The Morgan fingerprint density at radius 1 is 1.06 bits per heavy atom. The first kappa shape index (κ1) is 12.2. The number of hydrogen-bond acceptors (Lipinski definition) is 3. The van der Waals surface area contributed by atoms with Crippen LogP contribution in [0.2, 0.25) is 0 Å². The van der Waals surface area contributed by atoms with E-state index >= 15 is 0 Å². The number of nitrogens with zero attached hydrogens (tertiary/aromatic N) is 4. The fourth-order valence-corrected chi connectivity index (χ4v) is 1.71. The van der Waals surface area contributed by atoms with Crippen molar-refractivity contribution in [1.82, 2.24) is 19.5 Å². The predicted molar refractivity (Wildman–Crippen MR) is 72.7 cm³/mol. The molecule has 0 saturated carbocycles. The lowest BCUT2D eigenvalue weighted by atomic mass is 10.2. The van der Waals surface area contributed by atoms with E-state index in [0.29, 0.717) is 5.95 Å². The number of para-hydroxylation sites is 1. The minimum atomic E-state index is 0.661. The third-order valence-electron chi connectivity index (χ3n) is 2.52. The smallest absolute Gasteiger partial charge is 0.235 e. The summed E-state index contributed by atoms with van der Waals surface area (Å²) in [4.78, 5) is 12.9. The third-order valence-corrected chi connectivity index (χ3v) is 2.52. The van der Waals surface area contributed by atoms with Gasteiger partial charge in [-0.05, 0) is 13.0 Å². The maximum Gasteiger partial charge on any atom is 0.235 e. The molecule has 0 amide bonds. The molecule has 0 aliphatic carbocycles. The van der Waals surface area contributed by atoms with Crippen LogP contribution in [0.25, 0.3) is 16.9 Å². The van der Waals surface area contributed by atoms with Gasteiger partial charge in [0.15, 0.2) is 0 Å². The second-order valence-corrected chi connectivity index (χ2v) is 3.60. The van der Waals surface area contributed by atoms with E-state index in [4.69, 9.17) is 0 Å². The fourth-order valence-electron chi connectivity index (χ4n) is 1.71. The summed E-state index contributed by atoms with van der Waals surface area (Å²) in [5, 5.41) is 1.09. The van der Waals surface area contributed by atoms with E-state index in [0.717, 1.165) is 16.6 Å². The zero-order valence-corrected chi connectivity index (χ0v) is 10.8. The van der Waals surface area contributed by atoms with Crippen LogP contribution in [0.15, 0.2) is 43.0 Å². The van der Waals surface area contributed by atoms with Gasteiger partial charge in [-0.25, -0.2) is 15.0 Å². The number of aryl methyl sites for hydroxylation is 1. The first-order valence-corrected chi connectivity index (χ1v) is 6.06. The van der Waals surface area contributed by atoms with Gasteiger partial charge in [-0.15, -0.1) is 0 Å². The maximum absolute atomic E-state index is 4.49. The van der Waals surface area contributed by atoms with Gasteiger partial charge in [-0.1, -0.05) is 32.0 Å². The normalized spacial score (nSPS) is 9.94. The van der Waals surface area contributed by atoms with Crippen molar-refractivity contribution in [2.45, 2.75) is 20.8 Å². The second-order valence-electron chi connectivity index (χ2n) is 3.60. The van der Waals surface area contributed by atoms with Crippen LogP contribution in [0.4, 0.5) is 0 Å². The van der Waals surface area contributed by atoms with E-state index in [1.165, 1.54) is 0 Å². The summed E-state index contributed by atoms with van der Waals surface area (Å²) in [5.74, 6) is 0.661. The van der Waals surface area contributed by atoms with E-state index in [-0.39, 0.29) is 0 Å². The molecule has 1 aromatic carbocycles. The average molecular weight is 240 g/mol. The molecule has 0 aliphatic heterocycles.